The van der Waals surface area contributed by atoms with Crippen LogP contribution in [0.2, 0.25) is 0 Å². The summed E-state index contributed by atoms with van der Waals surface area (Å²) >= 11 is 0. The maximum atomic E-state index is 12.4. The Hall–Kier alpha value is -3.31. The molecular formula is C21H25F3N6O3. The molecule has 12 heteroatoms. The number of likely N-dealkylation sites (N-methyl/N-ethyl adjacent to an activating group) is 2. The number of anilines is 3. The van der Waals surface area contributed by atoms with E-state index < -0.39 is 12.8 Å². The lowest BCUT2D eigenvalue weighted by Crippen LogP contribution is -2.50. The van der Waals surface area contributed by atoms with E-state index in [1.54, 1.807) is 11.9 Å². The number of nitrogens with zero attached hydrogens (tertiary/aromatic N) is 5. The molecule has 2 aromatic rings. The van der Waals surface area contributed by atoms with Crippen LogP contribution in [0, 0.1) is 6.92 Å². The van der Waals surface area contributed by atoms with E-state index in [2.05, 4.69) is 25.0 Å². The smallest absolute Gasteiger partial charge is 0.422 e. The third kappa shape index (κ3) is 4.88. The molecule has 4 rings (SSSR count). The first-order valence-corrected chi connectivity index (χ1v) is 10.5. The van der Waals surface area contributed by atoms with Crippen molar-refractivity contribution < 1.29 is 27.4 Å². The number of carbonyl (C=O) groups excluding carboxylic acids is 1. The van der Waals surface area contributed by atoms with Crippen molar-refractivity contribution in [2.45, 2.75) is 51.1 Å². The second-order valence-electron chi connectivity index (χ2n) is 8.28. The molecule has 0 radical (unpaired) electrons. The first-order valence-electron chi connectivity index (χ1n) is 10.5. The molecule has 0 saturated heterocycles. The number of aryl methyl sites for hydroxylation is 1. The molecule has 9 nitrogen and oxygen atoms in total. The average Bonchev–Trinajstić information content (AvgIpc) is 2.73. The van der Waals surface area contributed by atoms with Gasteiger partial charge in [-0.05, 0) is 19.9 Å². The maximum Gasteiger partial charge on any atom is 0.422 e. The van der Waals surface area contributed by atoms with Crippen LogP contribution in [-0.2, 0) is 4.79 Å². The van der Waals surface area contributed by atoms with Gasteiger partial charge >= 0.3 is 6.18 Å². The van der Waals surface area contributed by atoms with Crippen LogP contribution in [-0.4, -0.2) is 65.9 Å². The summed E-state index contributed by atoms with van der Waals surface area (Å²) in [6, 6.07) is 2.67. The van der Waals surface area contributed by atoms with Crippen LogP contribution in [0.4, 0.5) is 30.6 Å². The highest BCUT2D eigenvalue weighted by molar-refractivity contribution is 6.04. The second kappa shape index (κ2) is 8.56. The summed E-state index contributed by atoms with van der Waals surface area (Å²) in [5.74, 6) is 1.53. The van der Waals surface area contributed by atoms with Gasteiger partial charge in [0.05, 0.1) is 11.9 Å². The molecule has 1 fully saturated rings. The number of fused-ring (bicyclic) bond motifs is 1. The van der Waals surface area contributed by atoms with Crippen LogP contribution in [0.1, 0.15) is 25.5 Å². The van der Waals surface area contributed by atoms with Crippen LogP contribution in [0.3, 0.4) is 0 Å². The number of ether oxygens (including phenoxy) is 2. The maximum absolute atomic E-state index is 12.4. The van der Waals surface area contributed by atoms with Crippen molar-refractivity contribution in [3.8, 4) is 11.6 Å². The lowest BCUT2D eigenvalue weighted by atomic mass is 9.89. The number of hydrogen-bond acceptors (Lipinski definition) is 8. The molecule has 0 unspecified atom stereocenters. The number of alkyl halides is 3. The molecule has 1 atom stereocenters. The highest BCUT2D eigenvalue weighted by Gasteiger charge is 2.36. The van der Waals surface area contributed by atoms with Crippen molar-refractivity contribution in [1.29, 1.82) is 0 Å². The van der Waals surface area contributed by atoms with Gasteiger partial charge in [-0.25, -0.2) is 9.97 Å². The third-order valence-corrected chi connectivity index (χ3v) is 5.80. The molecule has 3 heterocycles. The summed E-state index contributed by atoms with van der Waals surface area (Å²) in [5.41, 5.74) is 1.42. The summed E-state index contributed by atoms with van der Waals surface area (Å²) in [5, 5.41) is 3.31. The number of carbonyl (C=O) groups is 1. The molecule has 2 aliphatic rings. The first-order chi connectivity index (χ1) is 15.5. The zero-order valence-electron chi connectivity index (χ0n) is 18.7. The van der Waals surface area contributed by atoms with E-state index in [9.17, 15) is 18.0 Å². The van der Waals surface area contributed by atoms with Crippen LogP contribution in [0.25, 0.3) is 0 Å². The average molecular weight is 466 g/mol. The molecule has 178 valence electrons. The largest absolute Gasteiger partial charge is 0.489 e. The van der Waals surface area contributed by atoms with Gasteiger partial charge < -0.3 is 24.6 Å². The molecule has 1 saturated carbocycles. The van der Waals surface area contributed by atoms with Gasteiger partial charge in [-0.3, -0.25) is 4.79 Å². The van der Waals surface area contributed by atoms with Gasteiger partial charge in [0, 0.05) is 39.0 Å². The molecule has 1 aliphatic carbocycles. The van der Waals surface area contributed by atoms with E-state index in [0.717, 1.165) is 0 Å². The zero-order chi connectivity index (χ0) is 23.9. The lowest BCUT2D eigenvalue weighted by molar-refractivity contribution is -0.154. The normalized spacial score (nSPS) is 22.5. The number of pyridine rings is 1. The number of aromatic nitrogens is 3. The Morgan fingerprint density at radius 2 is 1.94 bits per heavy atom. The Morgan fingerprint density at radius 3 is 2.58 bits per heavy atom. The van der Waals surface area contributed by atoms with Crippen molar-refractivity contribution in [2.24, 2.45) is 0 Å². The van der Waals surface area contributed by atoms with Gasteiger partial charge in [0.2, 0.25) is 17.7 Å². The van der Waals surface area contributed by atoms with Crippen molar-refractivity contribution in [1.82, 2.24) is 15.0 Å². The van der Waals surface area contributed by atoms with Crippen molar-refractivity contribution in [3.63, 3.8) is 0 Å². The molecule has 1 aliphatic heterocycles. The minimum atomic E-state index is -4.41. The van der Waals surface area contributed by atoms with E-state index in [1.807, 2.05) is 25.8 Å². The number of hydrogen-bond donors (Lipinski definition) is 1. The molecular weight excluding hydrogens is 441 g/mol. The lowest BCUT2D eigenvalue weighted by Gasteiger charge is -2.38. The summed E-state index contributed by atoms with van der Waals surface area (Å²) < 4.78 is 47.0. The summed E-state index contributed by atoms with van der Waals surface area (Å²) in [4.78, 5) is 28.8. The zero-order valence-corrected chi connectivity index (χ0v) is 18.7. The molecule has 33 heavy (non-hydrogen) atoms. The predicted molar refractivity (Wildman–Crippen MR) is 115 cm³/mol. The van der Waals surface area contributed by atoms with Crippen LogP contribution < -0.4 is 24.6 Å². The van der Waals surface area contributed by atoms with Crippen LogP contribution in [0.5, 0.6) is 11.6 Å². The Bertz CT molecular complexity index is 1030. The third-order valence-electron chi connectivity index (χ3n) is 5.80. The van der Waals surface area contributed by atoms with Gasteiger partial charge in [0.1, 0.15) is 23.6 Å². The highest BCUT2D eigenvalue weighted by atomic mass is 19.4. The van der Waals surface area contributed by atoms with Gasteiger partial charge in [-0.1, -0.05) is 0 Å². The van der Waals surface area contributed by atoms with Gasteiger partial charge in [-0.15, -0.1) is 0 Å². The number of rotatable bonds is 6. The first kappa shape index (κ1) is 22.9. The van der Waals surface area contributed by atoms with Gasteiger partial charge in [-0.2, -0.15) is 18.2 Å². The van der Waals surface area contributed by atoms with E-state index in [4.69, 9.17) is 4.74 Å². The van der Waals surface area contributed by atoms with E-state index >= 15 is 0 Å². The summed E-state index contributed by atoms with van der Waals surface area (Å²) in [6.45, 7) is 2.30. The molecule has 0 bridgehead atoms. The molecule has 0 aromatic carbocycles. The topological polar surface area (TPSA) is 92.7 Å². The minimum absolute atomic E-state index is 0.00849. The van der Waals surface area contributed by atoms with Crippen LogP contribution in [0.15, 0.2) is 18.3 Å². The number of amides is 1. The Morgan fingerprint density at radius 1 is 1.21 bits per heavy atom. The van der Waals surface area contributed by atoms with E-state index in [1.165, 1.54) is 18.3 Å². The summed E-state index contributed by atoms with van der Waals surface area (Å²) in [7, 11) is 3.57. The fourth-order valence-corrected chi connectivity index (χ4v) is 3.83. The van der Waals surface area contributed by atoms with E-state index in [-0.39, 0.29) is 30.0 Å². The van der Waals surface area contributed by atoms with E-state index in [0.29, 0.717) is 41.7 Å². The quantitative estimate of drug-likeness (QED) is 0.695. The second-order valence-corrected chi connectivity index (χ2v) is 8.28. The SMILES string of the molecule is Cc1nc(NC2CC(Oc3ccc(OCC(F)(F)F)nc3)C2)nc2c1N(C)C(=O)[C@H](C)N2C. The molecule has 1 N–H and O–H groups in total. The fraction of sp³-hybridized carbons (Fsp3) is 0.524. The van der Waals surface area contributed by atoms with Crippen molar-refractivity contribution in [3.05, 3.63) is 24.0 Å². The Kier molecular flexibility index (Phi) is 5.93. The standard InChI is InChI=1S/C21H25F3N6O3/c1-11-17-18(29(3)12(2)19(31)30(17)4)28-20(26-11)27-13-7-15(8-13)33-14-5-6-16(25-9-14)32-10-21(22,23)24/h5-6,9,12-13,15H,7-8,10H2,1-4H3,(H,26,27,28)/t12-,13?,15?/m0/s1. The number of nitrogens with one attached hydrogen (secondary N) is 1. The minimum Gasteiger partial charge on any atom is -0.489 e. The molecule has 0 spiro atoms. The molecule has 1 amide bonds. The van der Waals surface area contributed by atoms with Crippen molar-refractivity contribution in [2.75, 3.05) is 35.8 Å². The monoisotopic (exact) mass is 466 g/mol. The summed E-state index contributed by atoms with van der Waals surface area (Å²) in [6.07, 6.45) is -1.72. The van der Waals surface area contributed by atoms with Gasteiger partial charge in [0.15, 0.2) is 12.4 Å². The van der Waals surface area contributed by atoms with Crippen LogP contribution >= 0.6 is 0 Å². The Balaban J connectivity index is 1.32. The van der Waals surface area contributed by atoms with Gasteiger partial charge in [0.25, 0.3) is 0 Å². The number of halogens is 3. The highest BCUT2D eigenvalue weighted by Crippen LogP contribution is 2.36. The predicted octanol–water partition coefficient (Wildman–Crippen LogP) is 2.94. The fourth-order valence-electron chi connectivity index (χ4n) is 3.83. The van der Waals surface area contributed by atoms with Crippen molar-refractivity contribution >= 4 is 23.4 Å². The Labute approximate surface area is 188 Å². The molecule has 2 aromatic heterocycles.